The molecular formula is C12H10BrN3O3. The molecular weight excluding hydrogens is 314 g/mol. The summed E-state index contributed by atoms with van der Waals surface area (Å²) in [7, 11) is 0. The number of azide groups is 1. The molecule has 98 valence electrons. The van der Waals surface area contributed by atoms with Gasteiger partial charge in [0.15, 0.2) is 0 Å². The molecule has 2 aromatic rings. The summed E-state index contributed by atoms with van der Waals surface area (Å²) < 4.78 is 11.4. The maximum Gasteiger partial charge on any atom is 0.342 e. The molecule has 0 saturated carbocycles. The largest absolute Gasteiger partial charge is 0.462 e. The Kier molecular flexibility index (Phi) is 4.09. The topological polar surface area (TPSA) is 88.2 Å². The minimum Gasteiger partial charge on any atom is -0.462 e. The van der Waals surface area contributed by atoms with Crippen LogP contribution < -0.4 is 0 Å². The van der Waals surface area contributed by atoms with E-state index >= 15 is 0 Å². The van der Waals surface area contributed by atoms with Crippen LogP contribution in [0.25, 0.3) is 21.4 Å². The smallest absolute Gasteiger partial charge is 0.342 e. The monoisotopic (exact) mass is 323 g/mol. The van der Waals surface area contributed by atoms with Gasteiger partial charge in [0.25, 0.3) is 0 Å². The number of hydrogen-bond acceptors (Lipinski definition) is 4. The third-order valence-electron chi connectivity index (χ3n) is 2.48. The molecule has 0 aliphatic carbocycles. The summed E-state index contributed by atoms with van der Waals surface area (Å²) in [5.74, 6) is -0.170. The average Bonchev–Trinajstić information content (AvgIpc) is 2.73. The molecule has 0 spiro atoms. The number of esters is 1. The van der Waals surface area contributed by atoms with Gasteiger partial charge in [-0.15, -0.1) is 0 Å². The van der Waals surface area contributed by atoms with Crippen LogP contribution in [0.4, 0.5) is 0 Å². The lowest BCUT2D eigenvalue weighted by Gasteiger charge is -2.01. The molecule has 0 atom stereocenters. The Balaban J connectivity index is 2.60. The highest BCUT2D eigenvalue weighted by Gasteiger charge is 2.21. The van der Waals surface area contributed by atoms with E-state index in [1.54, 1.807) is 25.1 Å². The SMILES string of the molecule is CCOC(=O)c1c(CN=[N+]=[N-])oc2cc(Br)ccc12. The van der Waals surface area contributed by atoms with Gasteiger partial charge in [-0.25, -0.2) is 4.79 Å². The van der Waals surface area contributed by atoms with Gasteiger partial charge in [0.2, 0.25) is 0 Å². The molecule has 0 aliphatic rings. The highest BCUT2D eigenvalue weighted by Crippen LogP contribution is 2.29. The first-order valence-corrected chi connectivity index (χ1v) is 6.35. The van der Waals surface area contributed by atoms with E-state index in [1.165, 1.54) is 0 Å². The summed E-state index contributed by atoms with van der Waals surface area (Å²) in [4.78, 5) is 14.6. The minimum absolute atomic E-state index is 0.0308. The fourth-order valence-corrected chi connectivity index (χ4v) is 2.10. The average molecular weight is 324 g/mol. The van der Waals surface area contributed by atoms with Crippen LogP contribution in [0.2, 0.25) is 0 Å². The molecule has 1 aromatic heterocycles. The molecule has 0 amide bonds. The van der Waals surface area contributed by atoms with Crippen LogP contribution in [0.1, 0.15) is 23.0 Å². The zero-order chi connectivity index (χ0) is 13.8. The maximum atomic E-state index is 12.0. The van der Waals surface area contributed by atoms with Crippen LogP contribution in [0, 0.1) is 0 Å². The summed E-state index contributed by atoms with van der Waals surface area (Å²) in [5.41, 5.74) is 9.23. The lowest BCUT2D eigenvalue weighted by atomic mass is 10.1. The Morgan fingerprint density at radius 2 is 2.37 bits per heavy atom. The lowest BCUT2D eigenvalue weighted by molar-refractivity contribution is 0.0526. The zero-order valence-electron chi connectivity index (χ0n) is 10.1. The third-order valence-corrected chi connectivity index (χ3v) is 2.98. The second-order valence-corrected chi connectivity index (χ2v) is 4.57. The number of fused-ring (bicyclic) bond motifs is 1. The molecule has 19 heavy (non-hydrogen) atoms. The summed E-state index contributed by atoms with van der Waals surface area (Å²) in [6, 6.07) is 5.31. The van der Waals surface area contributed by atoms with Crippen molar-refractivity contribution >= 4 is 32.9 Å². The van der Waals surface area contributed by atoms with Crippen LogP contribution in [0.5, 0.6) is 0 Å². The number of halogens is 1. The van der Waals surface area contributed by atoms with E-state index in [9.17, 15) is 4.79 Å². The first-order valence-electron chi connectivity index (χ1n) is 5.56. The highest BCUT2D eigenvalue weighted by molar-refractivity contribution is 9.10. The minimum atomic E-state index is -0.480. The van der Waals surface area contributed by atoms with E-state index in [2.05, 4.69) is 26.0 Å². The predicted molar refractivity (Wildman–Crippen MR) is 72.7 cm³/mol. The summed E-state index contributed by atoms with van der Waals surface area (Å²) >= 11 is 3.33. The standard InChI is InChI=1S/C12H10BrN3O3/c1-2-18-12(17)11-8-4-3-7(13)5-9(8)19-10(11)6-15-16-14/h3-5H,2,6H2,1H3. The molecule has 0 N–H and O–H groups in total. The molecule has 1 heterocycles. The van der Waals surface area contributed by atoms with Gasteiger partial charge in [0.1, 0.15) is 16.9 Å². The molecule has 0 radical (unpaired) electrons. The fourth-order valence-electron chi connectivity index (χ4n) is 1.76. The van der Waals surface area contributed by atoms with Crippen molar-refractivity contribution in [3.8, 4) is 0 Å². The molecule has 0 aliphatic heterocycles. The van der Waals surface area contributed by atoms with E-state index < -0.39 is 5.97 Å². The van der Waals surface area contributed by atoms with Gasteiger partial charge in [0.05, 0.1) is 13.2 Å². The third kappa shape index (κ3) is 2.72. The van der Waals surface area contributed by atoms with Crippen molar-refractivity contribution in [3.05, 3.63) is 44.4 Å². The Labute approximate surface area is 117 Å². The molecule has 0 bridgehead atoms. The molecule has 2 rings (SSSR count). The van der Waals surface area contributed by atoms with Crippen molar-refractivity contribution in [3.63, 3.8) is 0 Å². The fraction of sp³-hybridized carbons (Fsp3) is 0.250. The number of benzene rings is 1. The predicted octanol–water partition coefficient (Wildman–Crippen LogP) is 4.18. The second-order valence-electron chi connectivity index (χ2n) is 3.65. The summed E-state index contributed by atoms with van der Waals surface area (Å²) in [5, 5.41) is 4.07. The van der Waals surface area contributed by atoms with Crippen molar-refractivity contribution < 1.29 is 13.9 Å². The number of nitrogens with zero attached hydrogens (tertiary/aromatic N) is 3. The Morgan fingerprint density at radius 3 is 3.05 bits per heavy atom. The van der Waals surface area contributed by atoms with Gasteiger partial charge in [-0.2, -0.15) is 0 Å². The normalized spacial score (nSPS) is 10.2. The van der Waals surface area contributed by atoms with Gasteiger partial charge >= 0.3 is 5.97 Å². The summed E-state index contributed by atoms with van der Waals surface area (Å²) in [6.45, 7) is 1.96. The number of carbonyl (C=O) groups is 1. The molecule has 7 heteroatoms. The van der Waals surface area contributed by atoms with E-state index in [-0.39, 0.29) is 13.2 Å². The van der Waals surface area contributed by atoms with Crippen molar-refractivity contribution in [1.82, 2.24) is 0 Å². The van der Waals surface area contributed by atoms with Gasteiger partial charge in [-0.1, -0.05) is 21.0 Å². The molecule has 0 fully saturated rings. The van der Waals surface area contributed by atoms with E-state index in [0.717, 1.165) is 4.47 Å². The lowest BCUT2D eigenvalue weighted by Crippen LogP contribution is -2.06. The van der Waals surface area contributed by atoms with Gasteiger partial charge in [0, 0.05) is 14.8 Å². The van der Waals surface area contributed by atoms with Gasteiger partial charge in [-0.3, -0.25) is 0 Å². The number of furan rings is 1. The molecule has 0 saturated heterocycles. The zero-order valence-corrected chi connectivity index (χ0v) is 11.7. The van der Waals surface area contributed by atoms with Crippen molar-refractivity contribution in [2.45, 2.75) is 13.5 Å². The Morgan fingerprint density at radius 1 is 1.58 bits per heavy atom. The Bertz CT molecular complexity index is 674. The van der Waals surface area contributed by atoms with Gasteiger partial charge < -0.3 is 9.15 Å². The quantitative estimate of drug-likeness (QED) is 0.366. The molecule has 0 unspecified atom stereocenters. The number of hydrogen-bond donors (Lipinski definition) is 0. The summed E-state index contributed by atoms with van der Waals surface area (Å²) in [6.07, 6.45) is 0. The maximum absolute atomic E-state index is 12.0. The van der Waals surface area contributed by atoms with Crippen LogP contribution in [0.3, 0.4) is 0 Å². The van der Waals surface area contributed by atoms with Crippen LogP contribution in [0.15, 0.2) is 32.2 Å². The van der Waals surface area contributed by atoms with Crippen LogP contribution >= 0.6 is 15.9 Å². The number of ether oxygens (including phenoxy) is 1. The number of rotatable bonds is 4. The highest BCUT2D eigenvalue weighted by atomic mass is 79.9. The first-order chi connectivity index (χ1) is 9.17. The van der Waals surface area contributed by atoms with E-state index in [4.69, 9.17) is 14.7 Å². The first kappa shape index (κ1) is 13.5. The van der Waals surface area contributed by atoms with Crippen LogP contribution in [-0.2, 0) is 11.3 Å². The van der Waals surface area contributed by atoms with Crippen LogP contribution in [-0.4, -0.2) is 12.6 Å². The molecule has 6 nitrogen and oxygen atoms in total. The number of carbonyl (C=O) groups excluding carboxylic acids is 1. The van der Waals surface area contributed by atoms with Crippen molar-refractivity contribution in [1.29, 1.82) is 0 Å². The van der Waals surface area contributed by atoms with Crippen molar-refractivity contribution in [2.24, 2.45) is 5.11 Å². The van der Waals surface area contributed by atoms with E-state index in [0.29, 0.717) is 22.3 Å². The van der Waals surface area contributed by atoms with Gasteiger partial charge in [-0.05, 0) is 30.7 Å². The Hall–Kier alpha value is -1.98. The van der Waals surface area contributed by atoms with E-state index in [1.807, 2.05) is 0 Å². The van der Waals surface area contributed by atoms with Crippen molar-refractivity contribution in [2.75, 3.05) is 6.61 Å². The second kappa shape index (κ2) is 5.77. The molecule has 1 aromatic carbocycles.